The highest BCUT2D eigenvalue weighted by Crippen LogP contribution is 2.33. The van der Waals surface area contributed by atoms with E-state index in [0.717, 1.165) is 24.8 Å². The molecule has 3 rings (SSSR count). The highest BCUT2D eigenvalue weighted by atomic mass is 32.2. The van der Waals surface area contributed by atoms with Crippen molar-refractivity contribution >= 4 is 27.1 Å². The molecule has 1 amide bonds. The monoisotopic (exact) mass is 353 g/mol. The van der Waals surface area contributed by atoms with Gasteiger partial charge in [0.1, 0.15) is 4.90 Å². The van der Waals surface area contributed by atoms with Crippen molar-refractivity contribution in [2.75, 3.05) is 12.8 Å². The maximum absolute atomic E-state index is 12.7. The van der Waals surface area contributed by atoms with E-state index in [-0.39, 0.29) is 16.8 Å². The van der Waals surface area contributed by atoms with E-state index in [0.29, 0.717) is 18.7 Å². The number of nitrogens with one attached hydrogen (secondary N) is 1. The number of aromatic nitrogens is 2. The van der Waals surface area contributed by atoms with Crippen molar-refractivity contribution in [3.8, 4) is 0 Å². The molecule has 1 unspecified atom stereocenters. The van der Waals surface area contributed by atoms with Gasteiger partial charge in [0, 0.05) is 12.8 Å². The standard InChI is InChI=1S/C15H19N3O3S2/c1-23(20,21)13-9-16-17-15(13)12-4-2-3-6-18(12)14(19)8-11-5-7-22-10-11/h5,7,9-10,12H,2-4,6,8H2,1H3,(H,16,17). The van der Waals surface area contributed by atoms with E-state index < -0.39 is 9.84 Å². The van der Waals surface area contributed by atoms with Crippen LogP contribution < -0.4 is 0 Å². The summed E-state index contributed by atoms with van der Waals surface area (Å²) in [6, 6.07) is 1.70. The minimum atomic E-state index is -3.37. The van der Waals surface area contributed by atoms with Crippen LogP contribution in [-0.2, 0) is 21.1 Å². The predicted molar refractivity (Wildman–Crippen MR) is 88.0 cm³/mol. The Bertz CT molecular complexity index is 781. The molecule has 1 atom stereocenters. The summed E-state index contributed by atoms with van der Waals surface area (Å²) in [6.07, 6.45) is 5.51. The maximum atomic E-state index is 12.7. The summed E-state index contributed by atoms with van der Waals surface area (Å²) in [5.74, 6) is 0.0298. The molecule has 1 fully saturated rings. The molecular formula is C15H19N3O3S2. The molecule has 0 spiro atoms. The van der Waals surface area contributed by atoms with Crippen molar-refractivity contribution in [1.29, 1.82) is 0 Å². The first-order chi connectivity index (χ1) is 11.0. The van der Waals surface area contributed by atoms with Crippen LogP contribution in [0, 0.1) is 0 Å². The molecule has 0 bridgehead atoms. The zero-order chi connectivity index (χ0) is 16.4. The molecule has 8 heteroatoms. The molecule has 1 aliphatic heterocycles. The van der Waals surface area contributed by atoms with E-state index in [1.807, 2.05) is 16.8 Å². The second-order valence-electron chi connectivity index (χ2n) is 5.83. The SMILES string of the molecule is CS(=O)(=O)c1cn[nH]c1C1CCCCN1C(=O)Cc1ccsc1. The Labute approximate surface area is 139 Å². The number of rotatable bonds is 4. The highest BCUT2D eigenvalue weighted by molar-refractivity contribution is 7.90. The topological polar surface area (TPSA) is 83.1 Å². The molecule has 1 aliphatic rings. The minimum absolute atomic E-state index is 0.0298. The fraction of sp³-hybridized carbons (Fsp3) is 0.467. The van der Waals surface area contributed by atoms with Gasteiger partial charge in [0.25, 0.3) is 0 Å². The van der Waals surface area contributed by atoms with Gasteiger partial charge < -0.3 is 4.90 Å². The van der Waals surface area contributed by atoms with E-state index in [1.54, 1.807) is 16.2 Å². The molecule has 0 aliphatic carbocycles. The zero-order valence-electron chi connectivity index (χ0n) is 12.9. The molecule has 6 nitrogen and oxygen atoms in total. The van der Waals surface area contributed by atoms with Crippen molar-refractivity contribution in [2.45, 2.75) is 36.6 Å². The van der Waals surface area contributed by atoms with Gasteiger partial charge in [0.2, 0.25) is 5.91 Å². The Morgan fingerprint density at radius 3 is 3.00 bits per heavy atom. The smallest absolute Gasteiger partial charge is 0.227 e. The second kappa shape index (κ2) is 6.45. The number of carbonyl (C=O) groups is 1. The van der Waals surface area contributed by atoms with E-state index in [2.05, 4.69) is 10.2 Å². The normalized spacial score (nSPS) is 19.0. The lowest BCUT2D eigenvalue weighted by molar-refractivity contribution is -0.134. The summed E-state index contributed by atoms with van der Waals surface area (Å²) in [5.41, 5.74) is 1.53. The van der Waals surface area contributed by atoms with Gasteiger partial charge in [-0.2, -0.15) is 16.4 Å². The summed E-state index contributed by atoms with van der Waals surface area (Å²) in [5, 5.41) is 10.6. The van der Waals surface area contributed by atoms with E-state index in [4.69, 9.17) is 0 Å². The molecule has 23 heavy (non-hydrogen) atoms. The summed E-state index contributed by atoms with van der Waals surface area (Å²) in [7, 11) is -3.37. The largest absolute Gasteiger partial charge is 0.334 e. The lowest BCUT2D eigenvalue weighted by Crippen LogP contribution is -2.40. The quantitative estimate of drug-likeness (QED) is 0.913. The Kier molecular flexibility index (Phi) is 4.54. The third kappa shape index (κ3) is 3.48. The van der Waals surface area contributed by atoms with Crippen LogP contribution >= 0.6 is 11.3 Å². The average molecular weight is 353 g/mol. The number of nitrogens with zero attached hydrogens (tertiary/aromatic N) is 2. The van der Waals surface area contributed by atoms with E-state index >= 15 is 0 Å². The molecule has 124 valence electrons. The number of H-pyrrole nitrogens is 1. The van der Waals surface area contributed by atoms with Crippen LogP contribution in [0.15, 0.2) is 27.9 Å². The van der Waals surface area contributed by atoms with Gasteiger partial charge in [0.15, 0.2) is 9.84 Å². The van der Waals surface area contributed by atoms with Crippen LogP contribution in [0.4, 0.5) is 0 Å². The number of carbonyl (C=O) groups excluding carboxylic acids is 1. The molecule has 2 aromatic heterocycles. The predicted octanol–water partition coefficient (Wildman–Crippen LogP) is 2.17. The van der Waals surface area contributed by atoms with Gasteiger partial charge in [-0.15, -0.1) is 0 Å². The van der Waals surface area contributed by atoms with E-state index in [1.165, 1.54) is 12.5 Å². The van der Waals surface area contributed by atoms with Gasteiger partial charge >= 0.3 is 0 Å². The molecule has 0 aromatic carbocycles. The van der Waals surface area contributed by atoms with Crippen molar-refractivity contribution in [3.63, 3.8) is 0 Å². The van der Waals surface area contributed by atoms with Crippen LogP contribution in [0.2, 0.25) is 0 Å². The lowest BCUT2D eigenvalue weighted by Gasteiger charge is -2.35. The van der Waals surface area contributed by atoms with Gasteiger partial charge in [0.05, 0.1) is 24.4 Å². The number of hydrogen-bond acceptors (Lipinski definition) is 5. The number of sulfone groups is 1. The number of piperidine rings is 1. The Hall–Kier alpha value is -1.67. The van der Waals surface area contributed by atoms with Crippen LogP contribution in [0.25, 0.3) is 0 Å². The first kappa shape index (κ1) is 16.2. The van der Waals surface area contributed by atoms with Crippen molar-refractivity contribution in [3.05, 3.63) is 34.3 Å². The highest BCUT2D eigenvalue weighted by Gasteiger charge is 2.32. The first-order valence-electron chi connectivity index (χ1n) is 7.50. The molecule has 1 saturated heterocycles. The van der Waals surface area contributed by atoms with E-state index in [9.17, 15) is 13.2 Å². The van der Waals surface area contributed by atoms with Crippen molar-refractivity contribution in [2.24, 2.45) is 0 Å². The molecule has 2 aromatic rings. The number of hydrogen-bond donors (Lipinski definition) is 1. The number of aromatic amines is 1. The van der Waals surface area contributed by atoms with Gasteiger partial charge in [-0.3, -0.25) is 9.89 Å². The summed E-state index contributed by atoms with van der Waals surface area (Å²) >= 11 is 1.57. The van der Waals surface area contributed by atoms with Crippen LogP contribution in [0.5, 0.6) is 0 Å². The molecule has 1 N–H and O–H groups in total. The Morgan fingerprint density at radius 2 is 2.30 bits per heavy atom. The molecular weight excluding hydrogens is 334 g/mol. The first-order valence-corrected chi connectivity index (χ1v) is 10.3. The Balaban J connectivity index is 1.87. The fourth-order valence-electron chi connectivity index (χ4n) is 3.02. The van der Waals surface area contributed by atoms with Crippen molar-refractivity contribution in [1.82, 2.24) is 15.1 Å². The number of amides is 1. The summed E-state index contributed by atoms with van der Waals surface area (Å²) < 4.78 is 23.9. The van der Waals surface area contributed by atoms with Crippen LogP contribution in [0.3, 0.4) is 0 Å². The lowest BCUT2D eigenvalue weighted by atomic mass is 9.98. The van der Waals surface area contributed by atoms with Crippen LogP contribution in [-0.4, -0.2) is 42.2 Å². The summed E-state index contributed by atoms with van der Waals surface area (Å²) in [6.45, 7) is 0.649. The van der Waals surface area contributed by atoms with Gasteiger partial charge in [-0.25, -0.2) is 8.42 Å². The molecule has 0 radical (unpaired) electrons. The van der Waals surface area contributed by atoms with Crippen LogP contribution in [0.1, 0.15) is 36.6 Å². The number of likely N-dealkylation sites (tertiary alicyclic amines) is 1. The summed E-state index contributed by atoms with van der Waals surface area (Å²) in [4.78, 5) is 14.7. The van der Waals surface area contributed by atoms with Gasteiger partial charge in [-0.05, 0) is 41.7 Å². The second-order valence-corrected chi connectivity index (χ2v) is 8.59. The minimum Gasteiger partial charge on any atom is -0.334 e. The maximum Gasteiger partial charge on any atom is 0.227 e. The van der Waals surface area contributed by atoms with Crippen molar-refractivity contribution < 1.29 is 13.2 Å². The molecule has 0 saturated carbocycles. The zero-order valence-corrected chi connectivity index (χ0v) is 14.5. The fourth-order valence-corrected chi connectivity index (χ4v) is 4.51. The third-order valence-corrected chi connectivity index (χ3v) is 5.98. The van der Waals surface area contributed by atoms with Gasteiger partial charge in [-0.1, -0.05) is 0 Å². The Morgan fingerprint density at radius 1 is 1.48 bits per heavy atom. The average Bonchev–Trinajstić information content (AvgIpc) is 3.17. The molecule has 3 heterocycles. The number of thiophene rings is 1. The third-order valence-electron chi connectivity index (χ3n) is 4.12.